The molecule has 1 fully saturated rings. The molecule has 182 valence electrons. The van der Waals surface area contributed by atoms with Crippen molar-refractivity contribution < 1.29 is 26.3 Å². The number of hydrogen-bond donors (Lipinski definition) is 1. The van der Waals surface area contributed by atoms with Crippen molar-refractivity contribution in [2.45, 2.75) is 57.8 Å². The number of fused-ring (bicyclic) bond motifs is 1. The molecule has 5 nitrogen and oxygen atoms in total. The lowest BCUT2D eigenvalue weighted by atomic mass is 10.0. The van der Waals surface area contributed by atoms with Gasteiger partial charge in [-0.25, -0.2) is 23.1 Å². The van der Waals surface area contributed by atoms with E-state index in [4.69, 9.17) is 0 Å². The maximum atomic E-state index is 14.8. The number of aromatic nitrogens is 3. The van der Waals surface area contributed by atoms with Gasteiger partial charge in [-0.2, -0.15) is 13.2 Å². The molecule has 3 atom stereocenters. The zero-order valence-electron chi connectivity index (χ0n) is 18.8. The van der Waals surface area contributed by atoms with Crippen LogP contribution in [0.1, 0.15) is 50.2 Å². The molecule has 4 rings (SSSR count). The number of anilines is 1. The molecule has 0 radical (unpaired) electrons. The van der Waals surface area contributed by atoms with Gasteiger partial charge in [-0.15, -0.1) is 0 Å². The van der Waals surface area contributed by atoms with Crippen molar-refractivity contribution in [3.8, 4) is 0 Å². The molecule has 0 saturated heterocycles. The summed E-state index contributed by atoms with van der Waals surface area (Å²) in [6.45, 7) is 5.04. The van der Waals surface area contributed by atoms with Gasteiger partial charge in [0.2, 0.25) is 0 Å². The minimum atomic E-state index is -4.65. The van der Waals surface area contributed by atoms with E-state index < -0.39 is 46.5 Å². The van der Waals surface area contributed by atoms with Crippen molar-refractivity contribution in [3.05, 3.63) is 63.6 Å². The quantitative estimate of drug-likeness (QED) is 0.464. The topological polar surface area (TPSA) is 59.8 Å². The first-order valence-corrected chi connectivity index (χ1v) is 10.6. The molecule has 1 N–H and O–H groups in total. The summed E-state index contributed by atoms with van der Waals surface area (Å²) in [6, 6.07) is 3.75. The number of nitrogens with one attached hydrogen (secondary N) is 1. The average molecular weight is 484 g/mol. The van der Waals surface area contributed by atoms with Gasteiger partial charge in [0, 0.05) is 24.8 Å². The van der Waals surface area contributed by atoms with E-state index in [0.717, 1.165) is 18.3 Å². The van der Waals surface area contributed by atoms with Gasteiger partial charge in [-0.1, -0.05) is 25.1 Å². The lowest BCUT2D eigenvalue weighted by molar-refractivity contribution is -0.184. The average Bonchev–Trinajstić information content (AvgIpc) is 3.38. The molecule has 11 heteroatoms. The normalized spacial score (nSPS) is 21.5. The maximum absolute atomic E-state index is 14.8. The Hall–Kier alpha value is -3.11. The van der Waals surface area contributed by atoms with Crippen LogP contribution in [0.3, 0.4) is 0 Å². The minimum absolute atomic E-state index is 0.0578. The number of pyridine rings is 1. The van der Waals surface area contributed by atoms with Crippen LogP contribution in [0.4, 0.5) is 32.2 Å². The Morgan fingerprint density at radius 3 is 2.41 bits per heavy atom. The van der Waals surface area contributed by atoms with Crippen LogP contribution >= 0.6 is 0 Å². The summed E-state index contributed by atoms with van der Waals surface area (Å²) in [6.07, 6.45) is -3.82. The molecule has 2 aromatic heterocycles. The molecule has 1 aliphatic carbocycles. The lowest BCUT2D eigenvalue weighted by Gasteiger charge is -2.24. The number of rotatable bonds is 5. The maximum Gasteiger partial charge on any atom is 0.412 e. The van der Waals surface area contributed by atoms with Crippen LogP contribution in [0.2, 0.25) is 0 Å². The molecular weight excluding hydrogens is 462 g/mol. The molecule has 2 unspecified atom stereocenters. The summed E-state index contributed by atoms with van der Waals surface area (Å²) in [5.41, 5.74) is -3.90. The first-order chi connectivity index (χ1) is 15.7. The molecule has 2 heterocycles. The Balaban J connectivity index is 1.82. The van der Waals surface area contributed by atoms with Gasteiger partial charge in [-0.05, 0) is 26.2 Å². The summed E-state index contributed by atoms with van der Waals surface area (Å²) >= 11 is 0. The molecule has 0 aliphatic heterocycles. The van der Waals surface area contributed by atoms with Crippen molar-refractivity contribution in [2.24, 2.45) is 5.92 Å². The van der Waals surface area contributed by atoms with Crippen molar-refractivity contribution in [3.63, 3.8) is 0 Å². The monoisotopic (exact) mass is 484 g/mol. The van der Waals surface area contributed by atoms with Crippen LogP contribution in [0, 0.1) is 18.7 Å². The Labute approximate surface area is 190 Å². The number of benzene rings is 1. The van der Waals surface area contributed by atoms with E-state index in [1.165, 1.54) is 32.9 Å². The molecule has 1 aliphatic rings. The van der Waals surface area contributed by atoms with Crippen LogP contribution in [-0.2, 0) is 11.5 Å². The van der Waals surface area contributed by atoms with Gasteiger partial charge < -0.3 is 5.32 Å². The third-order valence-corrected chi connectivity index (χ3v) is 6.36. The summed E-state index contributed by atoms with van der Waals surface area (Å²) in [7, 11) is 0. The van der Waals surface area contributed by atoms with E-state index in [1.807, 2.05) is 0 Å². The van der Waals surface area contributed by atoms with Crippen LogP contribution in [-0.4, -0.2) is 20.7 Å². The van der Waals surface area contributed by atoms with E-state index in [0.29, 0.717) is 11.5 Å². The first kappa shape index (κ1) is 24.0. The largest absolute Gasteiger partial charge is 0.412 e. The minimum Gasteiger partial charge on any atom is -0.363 e. The van der Waals surface area contributed by atoms with E-state index in [-0.39, 0.29) is 34.5 Å². The van der Waals surface area contributed by atoms with Crippen molar-refractivity contribution >= 4 is 16.7 Å². The van der Waals surface area contributed by atoms with Crippen molar-refractivity contribution in [2.75, 3.05) is 5.32 Å². The first-order valence-electron chi connectivity index (χ1n) is 10.6. The Kier molecular flexibility index (Phi) is 5.45. The van der Waals surface area contributed by atoms with Crippen molar-refractivity contribution in [1.29, 1.82) is 0 Å². The van der Waals surface area contributed by atoms with Gasteiger partial charge in [0.15, 0.2) is 0 Å². The van der Waals surface area contributed by atoms with E-state index in [9.17, 15) is 31.1 Å². The number of halogens is 6. The summed E-state index contributed by atoms with van der Waals surface area (Å²) in [5, 5.41) is 3.02. The Morgan fingerprint density at radius 1 is 1.21 bits per heavy atom. The molecule has 34 heavy (non-hydrogen) atoms. The molecule has 1 saturated carbocycles. The highest BCUT2D eigenvalue weighted by Gasteiger charge is 2.70. The fraction of sp³-hybridized carbons (Fsp3) is 0.435. The van der Waals surface area contributed by atoms with E-state index >= 15 is 0 Å². The van der Waals surface area contributed by atoms with Crippen LogP contribution < -0.4 is 10.9 Å². The second kappa shape index (κ2) is 7.71. The van der Waals surface area contributed by atoms with Gasteiger partial charge in [0.25, 0.3) is 11.5 Å². The van der Waals surface area contributed by atoms with E-state index in [1.54, 1.807) is 0 Å². The number of alkyl halides is 5. The number of aryl methyl sites for hydroxylation is 1. The number of hydrogen-bond acceptors (Lipinski definition) is 4. The van der Waals surface area contributed by atoms with Gasteiger partial charge in [0.05, 0.1) is 22.5 Å². The van der Waals surface area contributed by atoms with Crippen LogP contribution in [0.25, 0.3) is 10.9 Å². The molecule has 3 aromatic rings. The van der Waals surface area contributed by atoms with Crippen molar-refractivity contribution in [1.82, 2.24) is 14.5 Å². The van der Waals surface area contributed by atoms with Gasteiger partial charge >= 0.3 is 6.18 Å². The Morgan fingerprint density at radius 2 is 1.85 bits per heavy atom. The predicted molar refractivity (Wildman–Crippen MR) is 114 cm³/mol. The standard InChI is InChI=1S/C23H22F6N4O/c1-11-9-22(11,23(27,28)29)33-10-15-17(8-18(33)34)31-13(3)32-20(15)30-12(2)14-6-5-7-16(19(14)24)21(4,25)26/h5-8,10-12H,9H2,1-4H3,(H,30,31,32)/t11?,12-,22?/m1/s1. The second-order valence-electron chi connectivity index (χ2n) is 8.89. The zero-order valence-corrected chi connectivity index (χ0v) is 18.8. The summed E-state index contributed by atoms with van der Waals surface area (Å²) in [5.74, 6) is -5.01. The summed E-state index contributed by atoms with van der Waals surface area (Å²) in [4.78, 5) is 21.0. The SMILES string of the molecule is Cc1nc(N[C@H](C)c2cccc(C(C)(F)F)c2F)c2cn(C3(C(F)(F)F)CC3C)c(=O)cc2n1. The highest BCUT2D eigenvalue weighted by Crippen LogP contribution is 2.59. The molecule has 0 bridgehead atoms. The third-order valence-electron chi connectivity index (χ3n) is 6.36. The Bertz CT molecular complexity index is 1330. The fourth-order valence-electron chi connectivity index (χ4n) is 4.42. The second-order valence-corrected chi connectivity index (χ2v) is 8.89. The molecule has 0 amide bonds. The molecular formula is C23H22F6N4O. The third kappa shape index (κ3) is 3.80. The van der Waals surface area contributed by atoms with Crippen LogP contribution in [0.15, 0.2) is 35.3 Å². The highest BCUT2D eigenvalue weighted by molar-refractivity contribution is 5.88. The molecule has 0 spiro atoms. The van der Waals surface area contributed by atoms with Crippen LogP contribution in [0.5, 0.6) is 0 Å². The lowest BCUT2D eigenvalue weighted by Crippen LogP contribution is -2.42. The number of nitrogens with zero attached hydrogens (tertiary/aromatic N) is 3. The fourth-order valence-corrected chi connectivity index (χ4v) is 4.42. The predicted octanol–water partition coefficient (Wildman–Crippen LogP) is 5.82. The van der Waals surface area contributed by atoms with Gasteiger partial charge in [-0.3, -0.25) is 9.36 Å². The van der Waals surface area contributed by atoms with Gasteiger partial charge in [0.1, 0.15) is 23.0 Å². The zero-order chi connectivity index (χ0) is 25.2. The van der Waals surface area contributed by atoms with E-state index in [2.05, 4.69) is 15.3 Å². The molecule has 1 aromatic carbocycles. The smallest absolute Gasteiger partial charge is 0.363 e. The highest BCUT2D eigenvalue weighted by atomic mass is 19.4. The summed E-state index contributed by atoms with van der Waals surface area (Å²) < 4.78 is 84.7.